The number of nitrogens with one attached hydrogen (secondary N) is 1. The molecule has 29 heavy (non-hydrogen) atoms. The summed E-state index contributed by atoms with van der Waals surface area (Å²) in [4.78, 5) is 37.6. The van der Waals surface area contributed by atoms with Crippen LogP contribution in [0.5, 0.6) is 0 Å². The van der Waals surface area contributed by atoms with Crippen molar-refractivity contribution < 1.29 is 9.59 Å². The number of aromatic nitrogens is 2. The first-order valence-electron chi connectivity index (χ1n) is 9.61. The maximum Gasteiger partial charge on any atom is 0.317 e. The number of urea groups is 1. The Morgan fingerprint density at radius 2 is 1.69 bits per heavy atom. The van der Waals surface area contributed by atoms with Crippen LogP contribution in [-0.4, -0.2) is 58.9 Å². The van der Waals surface area contributed by atoms with Gasteiger partial charge in [-0.3, -0.25) is 4.79 Å². The van der Waals surface area contributed by atoms with Gasteiger partial charge < -0.3 is 15.1 Å². The van der Waals surface area contributed by atoms with E-state index in [4.69, 9.17) is 5.26 Å². The number of hydrogen-bond donors (Lipinski definition) is 1. The normalized spacial score (nSPS) is 15.9. The predicted octanol–water partition coefficient (Wildman–Crippen LogP) is 2.09. The molecule has 0 saturated carbocycles. The summed E-state index contributed by atoms with van der Waals surface area (Å²) in [5.74, 6) is 0.224. The Bertz CT molecular complexity index is 886. The van der Waals surface area contributed by atoms with Crippen LogP contribution in [0.2, 0.25) is 0 Å². The molecule has 1 aromatic carbocycles. The van der Waals surface area contributed by atoms with E-state index in [1.54, 1.807) is 54.5 Å². The molecule has 8 nitrogen and oxygen atoms in total. The molecule has 1 aliphatic heterocycles. The highest BCUT2D eigenvalue weighted by atomic mass is 16.2. The molecule has 0 radical (unpaired) electrons. The molecule has 150 valence electrons. The van der Waals surface area contributed by atoms with Crippen molar-refractivity contribution >= 4 is 17.8 Å². The number of carbonyl (C=O) groups excluding carboxylic acids is 2. The first-order chi connectivity index (χ1) is 14.0. The Morgan fingerprint density at radius 1 is 1.07 bits per heavy atom. The van der Waals surface area contributed by atoms with Crippen molar-refractivity contribution in [2.75, 3.05) is 31.1 Å². The van der Waals surface area contributed by atoms with E-state index < -0.39 is 0 Å². The summed E-state index contributed by atoms with van der Waals surface area (Å²) < 4.78 is 0. The average Bonchev–Trinajstić information content (AvgIpc) is 2.78. The molecule has 3 rings (SSSR count). The second-order valence-corrected chi connectivity index (χ2v) is 7.10. The Morgan fingerprint density at radius 3 is 2.28 bits per heavy atom. The van der Waals surface area contributed by atoms with Gasteiger partial charge >= 0.3 is 6.03 Å². The number of nitrogens with zero attached hydrogens (tertiary/aromatic N) is 5. The molecule has 2 atom stereocenters. The zero-order chi connectivity index (χ0) is 20.8. The lowest BCUT2D eigenvalue weighted by molar-refractivity contribution is 0.0907. The van der Waals surface area contributed by atoms with Gasteiger partial charge in [0.1, 0.15) is 0 Å². The molecule has 0 bridgehead atoms. The van der Waals surface area contributed by atoms with Crippen LogP contribution in [-0.2, 0) is 0 Å². The van der Waals surface area contributed by atoms with Crippen molar-refractivity contribution in [3.63, 3.8) is 0 Å². The molecular formula is C21H24N6O2. The summed E-state index contributed by atoms with van der Waals surface area (Å²) in [6, 6.07) is 9.86. The topological polar surface area (TPSA) is 102 Å². The van der Waals surface area contributed by atoms with Crippen molar-refractivity contribution in [1.29, 1.82) is 5.26 Å². The number of nitriles is 1. The molecule has 2 amide bonds. The van der Waals surface area contributed by atoms with Crippen molar-refractivity contribution in [2.45, 2.75) is 19.9 Å². The number of carbonyl (C=O) groups is 2. The van der Waals surface area contributed by atoms with Gasteiger partial charge in [0.05, 0.1) is 11.6 Å². The van der Waals surface area contributed by atoms with Crippen LogP contribution in [0.3, 0.4) is 0 Å². The van der Waals surface area contributed by atoms with E-state index in [2.05, 4.69) is 15.3 Å². The van der Waals surface area contributed by atoms with Crippen LogP contribution in [0.15, 0.2) is 42.7 Å². The Kier molecular flexibility index (Phi) is 6.39. The lowest BCUT2D eigenvalue weighted by Crippen LogP contribution is -2.54. The smallest absolute Gasteiger partial charge is 0.317 e. The monoisotopic (exact) mass is 392 g/mol. The van der Waals surface area contributed by atoms with Crippen LogP contribution in [0.4, 0.5) is 10.7 Å². The highest BCUT2D eigenvalue weighted by Crippen LogP contribution is 2.15. The summed E-state index contributed by atoms with van der Waals surface area (Å²) in [6.07, 6.45) is 3.41. The Hall–Kier alpha value is -3.47. The average molecular weight is 392 g/mol. The van der Waals surface area contributed by atoms with Gasteiger partial charge in [-0.2, -0.15) is 5.26 Å². The van der Waals surface area contributed by atoms with Gasteiger partial charge in [-0.25, -0.2) is 14.8 Å². The SMILES string of the molecule is CC(NC(=O)N1CCN(c2ncccn2)CC1)C(C)C(=O)c1ccc(C#N)cc1. The van der Waals surface area contributed by atoms with Crippen LogP contribution in [0.25, 0.3) is 0 Å². The van der Waals surface area contributed by atoms with Crippen molar-refractivity contribution in [3.8, 4) is 6.07 Å². The number of hydrogen-bond acceptors (Lipinski definition) is 6. The molecule has 2 heterocycles. The zero-order valence-corrected chi connectivity index (χ0v) is 16.6. The fourth-order valence-electron chi connectivity index (χ4n) is 3.17. The molecule has 0 spiro atoms. The van der Waals surface area contributed by atoms with Crippen LogP contribution < -0.4 is 10.2 Å². The fraction of sp³-hybridized carbons (Fsp3) is 0.381. The number of Topliss-reactive ketones (excluding diaryl/α,β-unsaturated/α-hetero) is 1. The van der Waals surface area contributed by atoms with E-state index in [1.165, 1.54) is 0 Å². The van der Waals surface area contributed by atoms with Gasteiger partial charge in [-0.1, -0.05) is 19.1 Å². The summed E-state index contributed by atoms with van der Waals surface area (Å²) in [5, 5.41) is 11.8. The molecule has 1 N–H and O–H groups in total. The van der Waals surface area contributed by atoms with Gasteiger partial charge in [0, 0.05) is 56.1 Å². The van der Waals surface area contributed by atoms with Crippen molar-refractivity contribution in [2.24, 2.45) is 5.92 Å². The van der Waals surface area contributed by atoms with E-state index >= 15 is 0 Å². The number of anilines is 1. The second-order valence-electron chi connectivity index (χ2n) is 7.10. The molecule has 1 aliphatic rings. The molecule has 2 unspecified atom stereocenters. The highest BCUT2D eigenvalue weighted by molar-refractivity contribution is 5.98. The number of ketones is 1. The molecule has 0 aliphatic carbocycles. The van der Waals surface area contributed by atoms with E-state index in [-0.39, 0.29) is 23.8 Å². The Labute approximate surface area is 170 Å². The minimum atomic E-state index is -0.383. The standard InChI is InChI=1S/C21H24N6O2/c1-15(19(28)18-6-4-17(14-22)5-7-18)16(2)25-21(29)27-12-10-26(11-13-27)20-23-8-3-9-24-20/h3-9,15-16H,10-13H2,1-2H3,(H,25,29). The van der Waals surface area contributed by atoms with Crippen LogP contribution in [0.1, 0.15) is 29.8 Å². The highest BCUT2D eigenvalue weighted by Gasteiger charge is 2.27. The van der Waals surface area contributed by atoms with E-state index in [9.17, 15) is 9.59 Å². The van der Waals surface area contributed by atoms with Gasteiger partial charge in [0.25, 0.3) is 0 Å². The van der Waals surface area contributed by atoms with E-state index in [0.29, 0.717) is 43.3 Å². The van der Waals surface area contributed by atoms with Crippen molar-refractivity contribution in [3.05, 3.63) is 53.9 Å². The summed E-state index contributed by atoms with van der Waals surface area (Å²) in [7, 11) is 0. The molecule has 2 aromatic rings. The quantitative estimate of drug-likeness (QED) is 0.782. The largest absolute Gasteiger partial charge is 0.337 e. The lowest BCUT2D eigenvalue weighted by atomic mass is 9.93. The minimum Gasteiger partial charge on any atom is -0.337 e. The van der Waals surface area contributed by atoms with Crippen LogP contribution >= 0.6 is 0 Å². The van der Waals surface area contributed by atoms with Gasteiger partial charge in [-0.05, 0) is 25.1 Å². The number of rotatable bonds is 5. The third-order valence-corrected chi connectivity index (χ3v) is 5.22. The first-order valence-corrected chi connectivity index (χ1v) is 9.61. The maximum atomic E-state index is 12.7. The van der Waals surface area contributed by atoms with Crippen LogP contribution in [0, 0.1) is 17.2 Å². The minimum absolute atomic E-state index is 0.0617. The number of piperazine rings is 1. The van der Waals surface area contributed by atoms with Gasteiger partial charge in [0.2, 0.25) is 5.95 Å². The second kappa shape index (κ2) is 9.15. The number of benzene rings is 1. The zero-order valence-electron chi connectivity index (χ0n) is 16.6. The molecule has 1 aromatic heterocycles. The summed E-state index contributed by atoms with van der Waals surface area (Å²) >= 11 is 0. The number of amides is 2. The first kappa shape index (κ1) is 20.3. The third kappa shape index (κ3) is 4.88. The summed E-state index contributed by atoms with van der Waals surface area (Å²) in [5.41, 5.74) is 1.05. The molecular weight excluding hydrogens is 368 g/mol. The van der Waals surface area contributed by atoms with Gasteiger partial charge in [-0.15, -0.1) is 0 Å². The lowest BCUT2D eigenvalue weighted by Gasteiger charge is -2.35. The van der Waals surface area contributed by atoms with Crippen molar-refractivity contribution in [1.82, 2.24) is 20.2 Å². The Balaban J connectivity index is 1.52. The molecule has 1 saturated heterocycles. The molecule has 8 heteroatoms. The predicted molar refractivity (Wildman–Crippen MR) is 108 cm³/mol. The summed E-state index contributed by atoms with van der Waals surface area (Å²) in [6.45, 7) is 6.08. The van der Waals surface area contributed by atoms with E-state index in [0.717, 1.165) is 0 Å². The third-order valence-electron chi connectivity index (χ3n) is 5.22. The van der Waals surface area contributed by atoms with Gasteiger partial charge in [0.15, 0.2) is 5.78 Å². The molecule has 1 fully saturated rings. The fourth-order valence-corrected chi connectivity index (χ4v) is 3.17. The van der Waals surface area contributed by atoms with E-state index in [1.807, 2.05) is 17.9 Å². The maximum absolute atomic E-state index is 12.7.